The van der Waals surface area contributed by atoms with Crippen LogP contribution >= 0.6 is 23.1 Å². The predicted molar refractivity (Wildman–Crippen MR) is 94.1 cm³/mol. The number of hydrogen-bond acceptors (Lipinski definition) is 7. The molecule has 0 N–H and O–H groups in total. The Kier molecular flexibility index (Phi) is 4.10. The highest BCUT2D eigenvalue weighted by atomic mass is 32.2. The van der Waals surface area contributed by atoms with Crippen LogP contribution in [0.3, 0.4) is 0 Å². The molecule has 0 bridgehead atoms. The maximum atomic E-state index is 13.0. The highest BCUT2D eigenvalue weighted by molar-refractivity contribution is 7.98. The van der Waals surface area contributed by atoms with Crippen molar-refractivity contribution in [3.63, 3.8) is 0 Å². The third kappa shape index (κ3) is 3.08. The van der Waals surface area contributed by atoms with Gasteiger partial charge in [0, 0.05) is 12.6 Å². The summed E-state index contributed by atoms with van der Waals surface area (Å²) in [4.78, 5) is 21.1. The number of thiophene rings is 1. The Labute approximate surface area is 149 Å². The van der Waals surface area contributed by atoms with E-state index >= 15 is 0 Å². The van der Waals surface area contributed by atoms with Gasteiger partial charge in [-0.05, 0) is 35.7 Å². The molecule has 0 saturated heterocycles. The molecule has 4 aromatic rings. The van der Waals surface area contributed by atoms with Crippen molar-refractivity contribution in [1.82, 2.24) is 19.7 Å². The number of fused-ring (bicyclic) bond motifs is 1. The summed E-state index contributed by atoms with van der Waals surface area (Å²) in [6, 6.07) is 7.69. The molecule has 0 fully saturated rings. The summed E-state index contributed by atoms with van der Waals surface area (Å²) < 4.78 is 20.4. The van der Waals surface area contributed by atoms with Gasteiger partial charge in [0.25, 0.3) is 5.56 Å². The number of benzene rings is 1. The molecule has 0 aliphatic heterocycles. The Hall–Kier alpha value is -2.52. The predicted octanol–water partition coefficient (Wildman–Crippen LogP) is 3.48. The van der Waals surface area contributed by atoms with Gasteiger partial charge in [-0.1, -0.05) is 16.9 Å². The molecule has 9 heteroatoms. The normalized spacial score (nSPS) is 11.3. The van der Waals surface area contributed by atoms with Crippen LogP contribution in [0.5, 0.6) is 0 Å². The molecular weight excluding hydrogens is 363 g/mol. The van der Waals surface area contributed by atoms with Crippen LogP contribution in [0.4, 0.5) is 4.39 Å². The molecule has 1 aromatic carbocycles. The number of hydrogen-bond donors (Lipinski definition) is 0. The maximum absolute atomic E-state index is 13.0. The Bertz CT molecular complexity index is 1100. The quantitative estimate of drug-likeness (QED) is 0.402. The fourth-order valence-electron chi connectivity index (χ4n) is 2.25. The summed E-state index contributed by atoms with van der Waals surface area (Å²) >= 11 is 2.72. The van der Waals surface area contributed by atoms with Crippen molar-refractivity contribution in [2.45, 2.75) is 10.9 Å². The third-order valence-corrected chi connectivity index (χ3v) is 5.45. The standard InChI is InChI=1S/C16H11FN4O2S2/c1-21-15(22)13-11(6-7-24-13)18-16(21)25-8-12-19-14(20-23-12)9-2-4-10(17)5-3-9/h2-7H,8H2,1H3. The van der Waals surface area contributed by atoms with Crippen molar-refractivity contribution >= 4 is 33.3 Å². The van der Waals surface area contributed by atoms with E-state index in [1.165, 1.54) is 39.8 Å². The zero-order valence-corrected chi connectivity index (χ0v) is 14.6. The Balaban J connectivity index is 1.55. The second kappa shape index (κ2) is 6.41. The molecule has 0 radical (unpaired) electrons. The zero-order valence-electron chi connectivity index (χ0n) is 13.0. The van der Waals surface area contributed by atoms with Gasteiger partial charge in [0.05, 0.1) is 11.3 Å². The molecule has 3 aromatic heterocycles. The summed E-state index contributed by atoms with van der Waals surface area (Å²) in [6.45, 7) is 0. The molecule has 0 spiro atoms. The number of thioether (sulfide) groups is 1. The lowest BCUT2D eigenvalue weighted by Crippen LogP contribution is -2.18. The van der Waals surface area contributed by atoms with E-state index in [4.69, 9.17) is 4.52 Å². The SMILES string of the molecule is Cn1c(SCc2nc(-c3ccc(F)cc3)no2)nc2ccsc2c1=O. The first kappa shape index (κ1) is 16.0. The molecule has 0 atom stereocenters. The van der Waals surface area contributed by atoms with Crippen LogP contribution in [0.15, 0.2) is 50.2 Å². The topological polar surface area (TPSA) is 73.8 Å². The average Bonchev–Trinajstić information content (AvgIpc) is 3.27. The molecule has 3 heterocycles. The van der Waals surface area contributed by atoms with Crippen LogP contribution in [-0.4, -0.2) is 19.7 Å². The van der Waals surface area contributed by atoms with Gasteiger partial charge in [0.2, 0.25) is 11.7 Å². The van der Waals surface area contributed by atoms with Crippen molar-refractivity contribution in [3.05, 3.63) is 57.8 Å². The number of aromatic nitrogens is 4. The Morgan fingerprint density at radius 3 is 2.84 bits per heavy atom. The lowest BCUT2D eigenvalue weighted by atomic mass is 10.2. The van der Waals surface area contributed by atoms with Crippen molar-refractivity contribution in [1.29, 1.82) is 0 Å². The van der Waals surface area contributed by atoms with E-state index in [0.29, 0.717) is 38.4 Å². The van der Waals surface area contributed by atoms with Crippen LogP contribution < -0.4 is 5.56 Å². The fourth-order valence-corrected chi connectivity index (χ4v) is 3.87. The van der Waals surface area contributed by atoms with Gasteiger partial charge in [-0.15, -0.1) is 11.3 Å². The van der Waals surface area contributed by atoms with Gasteiger partial charge in [0.1, 0.15) is 10.5 Å². The summed E-state index contributed by atoms with van der Waals surface area (Å²) in [7, 11) is 1.69. The lowest BCUT2D eigenvalue weighted by molar-refractivity contribution is 0.391. The van der Waals surface area contributed by atoms with Gasteiger partial charge >= 0.3 is 0 Å². The van der Waals surface area contributed by atoms with E-state index in [2.05, 4.69) is 15.1 Å². The third-order valence-electron chi connectivity index (χ3n) is 3.54. The molecule has 0 aliphatic rings. The molecule has 0 unspecified atom stereocenters. The van der Waals surface area contributed by atoms with E-state index in [-0.39, 0.29) is 11.4 Å². The average molecular weight is 374 g/mol. The van der Waals surface area contributed by atoms with Crippen molar-refractivity contribution in [3.8, 4) is 11.4 Å². The Morgan fingerprint density at radius 1 is 1.24 bits per heavy atom. The fraction of sp³-hybridized carbons (Fsp3) is 0.125. The van der Waals surface area contributed by atoms with E-state index < -0.39 is 0 Å². The first-order valence-electron chi connectivity index (χ1n) is 7.27. The van der Waals surface area contributed by atoms with Crippen molar-refractivity contribution in [2.24, 2.45) is 7.05 Å². The molecule has 0 amide bonds. The molecule has 0 saturated carbocycles. The Morgan fingerprint density at radius 2 is 2.04 bits per heavy atom. The molecule has 0 aliphatic carbocycles. The highest BCUT2D eigenvalue weighted by Crippen LogP contribution is 2.24. The molecule has 25 heavy (non-hydrogen) atoms. The van der Waals surface area contributed by atoms with Gasteiger partial charge in [-0.25, -0.2) is 9.37 Å². The highest BCUT2D eigenvalue weighted by Gasteiger charge is 2.13. The van der Waals surface area contributed by atoms with Crippen LogP contribution in [0.1, 0.15) is 5.89 Å². The van der Waals surface area contributed by atoms with E-state index in [9.17, 15) is 9.18 Å². The van der Waals surface area contributed by atoms with Crippen LogP contribution in [0.2, 0.25) is 0 Å². The van der Waals surface area contributed by atoms with Gasteiger partial charge < -0.3 is 4.52 Å². The number of rotatable bonds is 4. The maximum Gasteiger partial charge on any atom is 0.271 e. The minimum atomic E-state index is -0.321. The zero-order chi connectivity index (χ0) is 17.4. The minimum Gasteiger partial charge on any atom is -0.338 e. The van der Waals surface area contributed by atoms with Crippen LogP contribution in [0.25, 0.3) is 21.6 Å². The summed E-state index contributed by atoms with van der Waals surface area (Å²) in [5, 5.41) is 6.33. The lowest BCUT2D eigenvalue weighted by Gasteiger charge is -2.05. The van der Waals surface area contributed by atoms with Crippen molar-refractivity contribution < 1.29 is 8.91 Å². The van der Waals surface area contributed by atoms with Crippen LogP contribution in [-0.2, 0) is 12.8 Å². The van der Waals surface area contributed by atoms with E-state index in [1.807, 2.05) is 11.4 Å². The van der Waals surface area contributed by atoms with E-state index in [1.54, 1.807) is 19.2 Å². The van der Waals surface area contributed by atoms with Gasteiger partial charge in [0.15, 0.2) is 5.16 Å². The van der Waals surface area contributed by atoms with E-state index in [0.717, 1.165) is 0 Å². The monoisotopic (exact) mass is 374 g/mol. The van der Waals surface area contributed by atoms with Gasteiger partial charge in [-0.3, -0.25) is 9.36 Å². The summed E-state index contributed by atoms with van der Waals surface area (Å²) in [6.07, 6.45) is 0. The van der Waals surface area contributed by atoms with Gasteiger partial charge in [-0.2, -0.15) is 4.98 Å². The first-order chi connectivity index (χ1) is 12.1. The molecule has 6 nitrogen and oxygen atoms in total. The molecule has 126 valence electrons. The number of halogens is 1. The molecule has 4 rings (SSSR count). The second-order valence-electron chi connectivity index (χ2n) is 5.20. The minimum absolute atomic E-state index is 0.0694. The smallest absolute Gasteiger partial charge is 0.271 e. The first-order valence-corrected chi connectivity index (χ1v) is 9.14. The number of nitrogens with zero attached hydrogens (tertiary/aromatic N) is 4. The summed E-state index contributed by atoms with van der Waals surface area (Å²) in [5.41, 5.74) is 1.29. The largest absolute Gasteiger partial charge is 0.338 e. The van der Waals surface area contributed by atoms with Crippen molar-refractivity contribution in [2.75, 3.05) is 0 Å². The second-order valence-corrected chi connectivity index (χ2v) is 7.06. The van der Waals surface area contributed by atoms with Crippen LogP contribution in [0, 0.1) is 5.82 Å². The summed E-state index contributed by atoms with van der Waals surface area (Å²) in [5.74, 6) is 0.859. The molecular formula is C16H11FN4O2S2.